The van der Waals surface area contributed by atoms with Gasteiger partial charge in [-0.1, -0.05) is 39.7 Å². The fourth-order valence-electron chi connectivity index (χ4n) is 1.64. The summed E-state index contributed by atoms with van der Waals surface area (Å²) in [5.74, 6) is -0.00977. The molecule has 0 amide bonds. The van der Waals surface area contributed by atoms with Gasteiger partial charge in [-0.15, -0.1) is 0 Å². The summed E-state index contributed by atoms with van der Waals surface area (Å²) in [7, 11) is 1.96. The molecular formula is C12H14BrClN2. The summed E-state index contributed by atoms with van der Waals surface area (Å²) < 4.78 is 0. The first-order chi connectivity index (χ1) is 7.60. The van der Waals surface area contributed by atoms with Gasteiger partial charge in [0.25, 0.3) is 0 Å². The van der Waals surface area contributed by atoms with E-state index in [2.05, 4.69) is 22.0 Å². The van der Waals surface area contributed by atoms with Crippen molar-refractivity contribution in [3.63, 3.8) is 0 Å². The lowest BCUT2D eigenvalue weighted by molar-refractivity contribution is 0.715. The number of nitrogens with zero attached hydrogens (tertiary/aromatic N) is 2. The molecular weight excluding hydrogens is 288 g/mol. The SMILES string of the molecule is CC(C#N)CN(C)c1c(Cl)cccc1CBr. The third kappa shape index (κ3) is 3.13. The standard InChI is InChI=1S/C12H14BrClN2/c1-9(7-15)8-16(2)12-10(6-13)4-3-5-11(12)14/h3-5,9H,6,8H2,1-2H3. The van der Waals surface area contributed by atoms with Crippen molar-refractivity contribution in [2.24, 2.45) is 5.92 Å². The van der Waals surface area contributed by atoms with E-state index in [0.29, 0.717) is 6.54 Å². The van der Waals surface area contributed by atoms with Crippen LogP contribution in [0.3, 0.4) is 0 Å². The molecule has 16 heavy (non-hydrogen) atoms. The Kier molecular flexibility index (Phi) is 5.11. The molecule has 0 N–H and O–H groups in total. The molecule has 0 radical (unpaired) electrons. The Balaban J connectivity index is 2.98. The highest BCUT2D eigenvalue weighted by Gasteiger charge is 2.13. The van der Waals surface area contributed by atoms with Crippen molar-refractivity contribution in [2.45, 2.75) is 12.3 Å². The van der Waals surface area contributed by atoms with Crippen molar-refractivity contribution in [3.05, 3.63) is 28.8 Å². The summed E-state index contributed by atoms with van der Waals surface area (Å²) in [6.07, 6.45) is 0. The monoisotopic (exact) mass is 300 g/mol. The number of anilines is 1. The molecule has 0 aliphatic carbocycles. The van der Waals surface area contributed by atoms with Gasteiger partial charge in [0.1, 0.15) is 0 Å². The van der Waals surface area contributed by atoms with E-state index in [4.69, 9.17) is 16.9 Å². The van der Waals surface area contributed by atoms with Gasteiger partial charge >= 0.3 is 0 Å². The fraction of sp³-hybridized carbons (Fsp3) is 0.417. The highest BCUT2D eigenvalue weighted by atomic mass is 79.9. The van der Waals surface area contributed by atoms with E-state index in [1.54, 1.807) is 0 Å². The molecule has 0 aliphatic rings. The maximum atomic E-state index is 8.81. The number of hydrogen-bond donors (Lipinski definition) is 0. The molecule has 0 aromatic heterocycles. The summed E-state index contributed by atoms with van der Waals surface area (Å²) in [4.78, 5) is 2.03. The molecule has 1 aromatic carbocycles. The number of hydrogen-bond acceptors (Lipinski definition) is 2. The zero-order chi connectivity index (χ0) is 12.1. The Bertz CT molecular complexity index is 400. The topological polar surface area (TPSA) is 27.0 Å². The number of alkyl halides is 1. The van der Waals surface area contributed by atoms with Crippen molar-refractivity contribution in [1.82, 2.24) is 0 Å². The maximum absolute atomic E-state index is 8.81. The lowest BCUT2D eigenvalue weighted by Crippen LogP contribution is -2.24. The molecule has 0 aliphatic heterocycles. The van der Waals surface area contributed by atoms with E-state index < -0.39 is 0 Å². The van der Waals surface area contributed by atoms with Gasteiger partial charge in [-0.2, -0.15) is 5.26 Å². The predicted octanol–water partition coefficient (Wildman–Crippen LogP) is 3.83. The second kappa shape index (κ2) is 6.12. The van der Waals surface area contributed by atoms with Crippen LogP contribution in [0.2, 0.25) is 5.02 Å². The van der Waals surface area contributed by atoms with Crippen LogP contribution < -0.4 is 4.90 Å². The number of benzene rings is 1. The smallest absolute Gasteiger partial charge is 0.0671 e. The van der Waals surface area contributed by atoms with Gasteiger partial charge in [-0.3, -0.25) is 0 Å². The number of nitriles is 1. The molecule has 0 spiro atoms. The van der Waals surface area contributed by atoms with Crippen LogP contribution in [-0.2, 0) is 5.33 Å². The first-order valence-corrected chi connectivity index (χ1v) is 6.54. The Labute approximate surface area is 110 Å². The van der Waals surface area contributed by atoms with Gasteiger partial charge in [-0.05, 0) is 18.6 Å². The highest BCUT2D eigenvalue weighted by Crippen LogP contribution is 2.30. The third-order valence-corrected chi connectivity index (χ3v) is 3.27. The van der Waals surface area contributed by atoms with Crippen LogP contribution in [0.4, 0.5) is 5.69 Å². The number of para-hydroxylation sites is 1. The van der Waals surface area contributed by atoms with Crippen LogP contribution in [0.1, 0.15) is 12.5 Å². The minimum Gasteiger partial charge on any atom is -0.372 e. The molecule has 1 atom stereocenters. The summed E-state index contributed by atoms with van der Waals surface area (Å²) in [5, 5.41) is 10.3. The molecule has 0 saturated carbocycles. The van der Waals surface area contributed by atoms with Gasteiger partial charge in [0.05, 0.1) is 22.7 Å². The average molecular weight is 302 g/mol. The molecule has 4 heteroatoms. The molecule has 2 nitrogen and oxygen atoms in total. The summed E-state index contributed by atoms with van der Waals surface area (Å²) in [6, 6.07) is 8.06. The largest absolute Gasteiger partial charge is 0.372 e. The van der Waals surface area contributed by atoms with E-state index >= 15 is 0 Å². The van der Waals surface area contributed by atoms with E-state index in [9.17, 15) is 0 Å². The second-order valence-corrected chi connectivity index (χ2v) is 4.76. The number of rotatable bonds is 4. The Hall–Kier alpha value is -0.720. The molecule has 0 fully saturated rings. The summed E-state index contributed by atoms with van der Waals surface area (Å²) in [5.41, 5.74) is 2.14. The highest BCUT2D eigenvalue weighted by molar-refractivity contribution is 9.08. The van der Waals surface area contributed by atoms with Gasteiger partial charge in [-0.25, -0.2) is 0 Å². The first-order valence-electron chi connectivity index (χ1n) is 5.04. The van der Waals surface area contributed by atoms with E-state index in [-0.39, 0.29) is 5.92 Å². The average Bonchev–Trinajstić information content (AvgIpc) is 2.28. The van der Waals surface area contributed by atoms with Crippen molar-refractivity contribution in [3.8, 4) is 6.07 Å². The van der Waals surface area contributed by atoms with Crippen LogP contribution in [0.15, 0.2) is 18.2 Å². The second-order valence-electron chi connectivity index (χ2n) is 3.79. The molecule has 0 bridgehead atoms. The minimum absolute atomic E-state index is 0.00977. The normalized spacial score (nSPS) is 11.9. The van der Waals surface area contributed by atoms with Crippen LogP contribution in [0.25, 0.3) is 0 Å². The first kappa shape index (κ1) is 13.3. The van der Waals surface area contributed by atoms with Crippen molar-refractivity contribution >= 4 is 33.2 Å². The predicted molar refractivity (Wildman–Crippen MR) is 72.1 cm³/mol. The van der Waals surface area contributed by atoms with Crippen LogP contribution in [-0.4, -0.2) is 13.6 Å². The minimum atomic E-state index is -0.00977. The van der Waals surface area contributed by atoms with Crippen LogP contribution >= 0.6 is 27.5 Å². The van der Waals surface area contributed by atoms with Crippen LogP contribution in [0, 0.1) is 17.2 Å². The number of halogens is 2. The van der Waals surface area contributed by atoms with E-state index in [1.165, 1.54) is 0 Å². The zero-order valence-corrected chi connectivity index (χ0v) is 11.7. The van der Waals surface area contributed by atoms with Gasteiger partial charge < -0.3 is 4.90 Å². The summed E-state index contributed by atoms with van der Waals surface area (Å²) >= 11 is 9.63. The lowest BCUT2D eigenvalue weighted by atomic mass is 10.1. The fourth-order valence-corrected chi connectivity index (χ4v) is 2.43. The molecule has 0 heterocycles. The van der Waals surface area contributed by atoms with Gasteiger partial charge in [0, 0.05) is 18.9 Å². The molecule has 86 valence electrons. The van der Waals surface area contributed by atoms with Crippen molar-refractivity contribution in [1.29, 1.82) is 5.26 Å². The van der Waals surface area contributed by atoms with Crippen molar-refractivity contribution in [2.75, 3.05) is 18.5 Å². The van der Waals surface area contributed by atoms with Gasteiger partial charge in [0.2, 0.25) is 0 Å². The third-order valence-electron chi connectivity index (χ3n) is 2.36. The van der Waals surface area contributed by atoms with Crippen molar-refractivity contribution < 1.29 is 0 Å². The maximum Gasteiger partial charge on any atom is 0.0671 e. The Morgan fingerprint density at radius 1 is 1.56 bits per heavy atom. The van der Waals surface area contributed by atoms with E-state index in [0.717, 1.165) is 21.6 Å². The van der Waals surface area contributed by atoms with Crippen LogP contribution in [0.5, 0.6) is 0 Å². The Morgan fingerprint density at radius 2 is 2.25 bits per heavy atom. The quantitative estimate of drug-likeness (QED) is 0.790. The zero-order valence-electron chi connectivity index (χ0n) is 9.37. The molecule has 0 saturated heterocycles. The molecule has 1 rings (SSSR count). The molecule has 1 unspecified atom stereocenters. The Morgan fingerprint density at radius 3 is 2.81 bits per heavy atom. The van der Waals surface area contributed by atoms with E-state index in [1.807, 2.05) is 37.1 Å². The summed E-state index contributed by atoms with van der Waals surface area (Å²) in [6.45, 7) is 2.58. The lowest BCUT2D eigenvalue weighted by Gasteiger charge is -2.24. The van der Waals surface area contributed by atoms with Gasteiger partial charge in [0.15, 0.2) is 0 Å². The molecule has 1 aromatic rings.